The molecule has 0 atom stereocenters. The minimum atomic E-state index is -1.82. The molecule has 0 amide bonds. The smallest absolute Gasteiger partial charge is 0.414 e. The maximum atomic E-state index is 9.10. The summed E-state index contributed by atoms with van der Waals surface area (Å²) in [6, 6.07) is 0. The summed E-state index contributed by atoms with van der Waals surface area (Å²) in [5, 5.41) is 21.6. The van der Waals surface area contributed by atoms with E-state index in [1.165, 1.54) is 51.6 Å². The van der Waals surface area contributed by atoms with Crippen LogP contribution in [0.25, 0.3) is 0 Å². The van der Waals surface area contributed by atoms with E-state index in [9.17, 15) is 0 Å². The second kappa shape index (κ2) is 4.85. The van der Waals surface area contributed by atoms with Gasteiger partial charge in [0.1, 0.15) is 0 Å². The van der Waals surface area contributed by atoms with Crippen molar-refractivity contribution in [2.75, 3.05) is 13.1 Å². The van der Waals surface area contributed by atoms with Gasteiger partial charge < -0.3 is 20.8 Å². The molecule has 6 nitrogen and oxygen atoms in total. The van der Waals surface area contributed by atoms with Crippen molar-refractivity contribution in [3.63, 3.8) is 0 Å². The summed E-state index contributed by atoms with van der Waals surface area (Å²) >= 11 is 0. The molecule has 4 N–H and O–H groups in total. The van der Waals surface area contributed by atoms with Crippen LogP contribution in [-0.2, 0) is 9.59 Å². The molecule has 2 saturated carbocycles. The van der Waals surface area contributed by atoms with Crippen molar-refractivity contribution in [2.45, 2.75) is 49.6 Å². The van der Waals surface area contributed by atoms with Gasteiger partial charge in [0.2, 0.25) is 0 Å². The monoisotopic (exact) mass is 256 g/mol. The zero-order valence-electron chi connectivity index (χ0n) is 10.4. The molecule has 18 heavy (non-hydrogen) atoms. The van der Waals surface area contributed by atoms with E-state index >= 15 is 0 Å². The quantitative estimate of drug-likeness (QED) is 0.461. The largest absolute Gasteiger partial charge is 0.473 e. The van der Waals surface area contributed by atoms with Crippen LogP contribution in [0.2, 0.25) is 0 Å². The molecule has 0 aromatic carbocycles. The first-order valence-electron chi connectivity index (χ1n) is 6.43. The predicted molar refractivity (Wildman–Crippen MR) is 64.4 cm³/mol. The predicted octanol–water partition coefficient (Wildman–Crippen LogP) is 0.180. The minimum Gasteiger partial charge on any atom is -0.473 e. The molecular formula is C12H20N2O4. The lowest BCUT2D eigenvalue weighted by molar-refractivity contribution is -0.159. The van der Waals surface area contributed by atoms with E-state index in [0.717, 1.165) is 11.1 Å². The van der Waals surface area contributed by atoms with E-state index < -0.39 is 11.9 Å². The minimum absolute atomic E-state index is 0.722. The van der Waals surface area contributed by atoms with Crippen LogP contribution in [0.15, 0.2) is 0 Å². The van der Waals surface area contributed by atoms with Gasteiger partial charge in [0.05, 0.1) is 0 Å². The molecule has 102 valence electrons. The van der Waals surface area contributed by atoms with E-state index in [1.807, 2.05) is 0 Å². The third-order valence-corrected chi connectivity index (χ3v) is 4.10. The van der Waals surface area contributed by atoms with Crippen LogP contribution < -0.4 is 10.6 Å². The van der Waals surface area contributed by atoms with Gasteiger partial charge in [-0.05, 0) is 51.6 Å². The van der Waals surface area contributed by atoms with E-state index in [1.54, 1.807) is 0 Å². The summed E-state index contributed by atoms with van der Waals surface area (Å²) in [6.45, 7) is 2.56. The van der Waals surface area contributed by atoms with E-state index in [4.69, 9.17) is 19.8 Å². The van der Waals surface area contributed by atoms with Crippen LogP contribution in [0.3, 0.4) is 0 Å². The summed E-state index contributed by atoms with van der Waals surface area (Å²) in [5.41, 5.74) is 1.44. The first kappa shape index (κ1) is 13.3. The molecule has 2 aliphatic carbocycles. The summed E-state index contributed by atoms with van der Waals surface area (Å²) in [7, 11) is 0. The lowest BCUT2D eigenvalue weighted by atomic mass is 10.1. The molecule has 2 spiro atoms. The maximum absolute atomic E-state index is 9.10. The van der Waals surface area contributed by atoms with Gasteiger partial charge in [-0.25, -0.2) is 9.59 Å². The van der Waals surface area contributed by atoms with Gasteiger partial charge in [-0.15, -0.1) is 0 Å². The van der Waals surface area contributed by atoms with Crippen molar-refractivity contribution < 1.29 is 19.8 Å². The van der Waals surface area contributed by atoms with Gasteiger partial charge in [0.15, 0.2) is 0 Å². The highest BCUT2D eigenvalue weighted by Gasteiger charge is 2.47. The summed E-state index contributed by atoms with van der Waals surface area (Å²) in [5.74, 6) is -3.65. The topological polar surface area (TPSA) is 98.7 Å². The highest BCUT2D eigenvalue weighted by atomic mass is 16.4. The van der Waals surface area contributed by atoms with E-state index in [-0.39, 0.29) is 0 Å². The fourth-order valence-electron chi connectivity index (χ4n) is 2.11. The number of carbonyl (C=O) groups is 2. The standard InChI is InChI=1S/2C5H9N.C2H2O4/c2*1-2-5(1)3-4-6-5;3-1(4)2(5)6/h2*6H,1-4H2;(H,3,4)(H,5,6). The van der Waals surface area contributed by atoms with Crippen molar-refractivity contribution in [1.82, 2.24) is 10.6 Å². The second-order valence-corrected chi connectivity index (χ2v) is 5.52. The highest BCUT2D eigenvalue weighted by molar-refractivity contribution is 6.27. The normalized spacial score (nSPS) is 26.4. The van der Waals surface area contributed by atoms with Gasteiger partial charge in [-0.3, -0.25) is 0 Å². The van der Waals surface area contributed by atoms with Gasteiger partial charge >= 0.3 is 11.9 Å². The molecule has 0 bridgehead atoms. The number of carboxylic acids is 2. The number of aliphatic carboxylic acids is 2. The third kappa shape index (κ3) is 3.43. The Morgan fingerprint density at radius 2 is 1.00 bits per heavy atom. The Bertz CT molecular complexity index is 302. The molecule has 0 radical (unpaired) electrons. The van der Waals surface area contributed by atoms with Crippen molar-refractivity contribution in [1.29, 1.82) is 0 Å². The molecule has 2 aliphatic heterocycles. The first-order valence-corrected chi connectivity index (χ1v) is 6.43. The number of nitrogens with one attached hydrogen (secondary N) is 2. The molecule has 0 aromatic rings. The lowest BCUT2D eigenvalue weighted by Crippen LogP contribution is -2.45. The Morgan fingerprint density at radius 3 is 1.00 bits per heavy atom. The molecule has 2 heterocycles. The zero-order valence-corrected chi connectivity index (χ0v) is 10.4. The number of hydrogen-bond acceptors (Lipinski definition) is 4. The van der Waals surface area contributed by atoms with Gasteiger partial charge in [-0.2, -0.15) is 0 Å². The molecular weight excluding hydrogens is 236 g/mol. The summed E-state index contributed by atoms with van der Waals surface area (Å²) in [4.78, 5) is 18.2. The fraction of sp³-hybridized carbons (Fsp3) is 0.833. The number of rotatable bonds is 0. The summed E-state index contributed by atoms with van der Waals surface area (Å²) < 4.78 is 0. The van der Waals surface area contributed by atoms with Crippen LogP contribution in [0.4, 0.5) is 0 Å². The van der Waals surface area contributed by atoms with Crippen molar-refractivity contribution in [3.05, 3.63) is 0 Å². The SMILES string of the molecule is C1CC2(CC2)N1.C1CC2(CC2)N1.O=C(O)C(=O)O. The highest BCUT2D eigenvalue weighted by Crippen LogP contribution is 2.43. The molecule has 4 rings (SSSR count). The van der Waals surface area contributed by atoms with Crippen LogP contribution in [0, 0.1) is 0 Å². The molecule has 4 fully saturated rings. The van der Waals surface area contributed by atoms with Crippen LogP contribution in [0.5, 0.6) is 0 Å². The van der Waals surface area contributed by atoms with Crippen molar-refractivity contribution in [2.24, 2.45) is 0 Å². The fourth-order valence-corrected chi connectivity index (χ4v) is 2.11. The van der Waals surface area contributed by atoms with E-state index in [0.29, 0.717) is 0 Å². The van der Waals surface area contributed by atoms with Crippen molar-refractivity contribution >= 4 is 11.9 Å². The van der Waals surface area contributed by atoms with Gasteiger partial charge in [-0.1, -0.05) is 0 Å². The Kier molecular flexibility index (Phi) is 3.59. The van der Waals surface area contributed by atoms with Crippen LogP contribution in [-0.4, -0.2) is 46.3 Å². The third-order valence-electron chi connectivity index (χ3n) is 4.10. The molecule has 0 aromatic heterocycles. The molecule has 0 unspecified atom stereocenters. The van der Waals surface area contributed by atoms with Gasteiger partial charge in [0.25, 0.3) is 0 Å². The Balaban J connectivity index is 0.000000100. The first-order chi connectivity index (χ1) is 8.47. The van der Waals surface area contributed by atoms with Crippen LogP contribution >= 0.6 is 0 Å². The molecule has 4 aliphatic rings. The number of hydrogen-bond donors (Lipinski definition) is 4. The van der Waals surface area contributed by atoms with E-state index in [2.05, 4.69) is 10.6 Å². The second-order valence-electron chi connectivity index (χ2n) is 5.52. The average Bonchev–Trinajstić information content (AvgIpc) is 3.10. The van der Waals surface area contributed by atoms with Gasteiger partial charge in [0, 0.05) is 11.1 Å². The maximum Gasteiger partial charge on any atom is 0.414 e. The van der Waals surface area contributed by atoms with Crippen LogP contribution in [0.1, 0.15) is 38.5 Å². The average molecular weight is 256 g/mol. The number of carboxylic acid groups (broad SMARTS) is 2. The molecule has 6 heteroatoms. The zero-order chi connectivity index (χ0) is 13.2. The Hall–Kier alpha value is -1.14. The summed E-state index contributed by atoms with van der Waals surface area (Å²) in [6.07, 6.45) is 8.71. The van der Waals surface area contributed by atoms with Crippen molar-refractivity contribution in [3.8, 4) is 0 Å². The lowest BCUT2D eigenvalue weighted by Gasteiger charge is -2.26. The Morgan fingerprint density at radius 1 is 0.722 bits per heavy atom. The molecule has 2 saturated heterocycles. The Labute approximate surface area is 106 Å².